The molecule has 0 bridgehead atoms. The molecular formula is C11H17N3O2. The van der Waals surface area contributed by atoms with E-state index < -0.39 is 5.54 Å². The Morgan fingerprint density at radius 3 is 2.62 bits per heavy atom. The van der Waals surface area contributed by atoms with Crippen molar-refractivity contribution in [2.75, 3.05) is 6.61 Å². The van der Waals surface area contributed by atoms with Crippen molar-refractivity contribution in [2.24, 2.45) is 0 Å². The Kier molecular flexibility index (Phi) is 3.95. The summed E-state index contributed by atoms with van der Waals surface area (Å²) in [6.07, 6.45) is 3.49. The fraction of sp³-hybridized carbons (Fsp3) is 0.545. The molecule has 0 aliphatic rings. The minimum Gasteiger partial charge on any atom is -0.396 e. The van der Waals surface area contributed by atoms with Crippen molar-refractivity contribution in [2.45, 2.75) is 32.7 Å². The summed E-state index contributed by atoms with van der Waals surface area (Å²) in [5.41, 5.74) is 0.612. The van der Waals surface area contributed by atoms with Gasteiger partial charge in [0, 0.05) is 18.3 Å². The number of carbonyl (C=O) groups is 1. The molecule has 5 heteroatoms. The number of aliphatic hydroxyl groups excluding tert-OH is 1. The van der Waals surface area contributed by atoms with E-state index in [4.69, 9.17) is 5.11 Å². The first-order valence-corrected chi connectivity index (χ1v) is 5.16. The van der Waals surface area contributed by atoms with Gasteiger partial charge in [0.1, 0.15) is 5.69 Å². The molecule has 88 valence electrons. The fourth-order valence-electron chi connectivity index (χ4n) is 1.22. The molecule has 1 aromatic heterocycles. The predicted octanol–water partition coefficient (Wildman–Crippen LogP) is 0.676. The zero-order chi connectivity index (χ0) is 12.2. The van der Waals surface area contributed by atoms with E-state index >= 15 is 0 Å². The van der Waals surface area contributed by atoms with Gasteiger partial charge in [0.25, 0.3) is 5.91 Å². The molecule has 0 saturated heterocycles. The van der Waals surface area contributed by atoms with Gasteiger partial charge in [-0.25, -0.2) is 4.98 Å². The van der Waals surface area contributed by atoms with Crippen molar-refractivity contribution in [3.05, 3.63) is 23.8 Å². The number of aliphatic hydroxyl groups is 1. The van der Waals surface area contributed by atoms with Gasteiger partial charge in [0.15, 0.2) is 0 Å². The number of carbonyl (C=O) groups excluding carboxylic acids is 1. The van der Waals surface area contributed by atoms with Crippen molar-refractivity contribution in [1.29, 1.82) is 0 Å². The number of amides is 1. The van der Waals surface area contributed by atoms with Gasteiger partial charge >= 0.3 is 0 Å². The highest BCUT2D eigenvalue weighted by Crippen LogP contribution is 2.08. The molecule has 0 unspecified atom stereocenters. The second-order valence-corrected chi connectivity index (χ2v) is 4.35. The smallest absolute Gasteiger partial charge is 0.271 e. The van der Waals surface area contributed by atoms with Crippen molar-refractivity contribution < 1.29 is 9.90 Å². The average molecular weight is 223 g/mol. The third-order valence-electron chi connectivity index (χ3n) is 2.20. The van der Waals surface area contributed by atoms with E-state index in [0.717, 1.165) is 5.69 Å². The van der Waals surface area contributed by atoms with Gasteiger partial charge in [-0.15, -0.1) is 0 Å². The maximum Gasteiger partial charge on any atom is 0.271 e. The van der Waals surface area contributed by atoms with Gasteiger partial charge in [-0.05, 0) is 27.2 Å². The second kappa shape index (κ2) is 5.03. The molecule has 0 radical (unpaired) electrons. The molecule has 5 nitrogen and oxygen atoms in total. The van der Waals surface area contributed by atoms with Crippen LogP contribution in [0.5, 0.6) is 0 Å². The highest BCUT2D eigenvalue weighted by atomic mass is 16.3. The Hall–Kier alpha value is -1.49. The lowest BCUT2D eigenvalue weighted by atomic mass is 10.0. The van der Waals surface area contributed by atoms with Crippen molar-refractivity contribution in [3.8, 4) is 0 Å². The van der Waals surface area contributed by atoms with Crippen molar-refractivity contribution >= 4 is 5.91 Å². The Morgan fingerprint density at radius 2 is 2.12 bits per heavy atom. The Bertz CT molecular complexity index is 360. The Morgan fingerprint density at radius 1 is 1.44 bits per heavy atom. The summed E-state index contributed by atoms with van der Waals surface area (Å²) in [7, 11) is 0. The van der Waals surface area contributed by atoms with E-state index in [9.17, 15) is 4.79 Å². The number of hydrogen-bond donors (Lipinski definition) is 2. The summed E-state index contributed by atoms with van der Waals surface area (Å²) >= 11 is 0. The SMILES string of the molecule is Cc1cnc(C(=O)NC(C)(C)CCO)cn1. The molecule has 1 rings (SSSR count). The molecule has 0 saturated carbocycles. The van der Waals surface area contributed by atoms with Gasteiger partial charge in [0.05, 0.1) is 11.9 Å². The van der Waals surface area contributed by atoms with E-state index in [0.29, 0.717) is 6.42 Å². The largest absolute Gasteiger partial charge is 0.396 e. The van der Waals surface area contributed by atoms with Crippen LogP contribution in [0.15, 0.2) is 12.4 Å². The summed E-state index contributed by atoms with van der Waals surface area (Å²) in [6, 6.07) is 0. The second-order valence-electron chi connectivity index (χ2n) is 4.35. The first kappa shape index (κ1) is 12.6. The molecule has 16 heavy (non-hydrogen) atoms. The molecule has 1 amide bonds. The van der Waals surface area contributed by atoms with Gasteiger partial charge in [-0.2, -0.15) is 0 Å². The lowest BCUT2D eigenvalue weighted by Crippen LogP contribution is -2.44. The third kappa shape index (κ3) is 3.58. The highest BCUT2D eigenvalue weighted by molar-refractivity contribution is 5.92. The molecule has 1 heterocycles. The Balaban J connectivity index is 2.69. The van der Waals surface area contributed by atoms with Crippen LogP contribution in [-0.4, -0.2) is 33.1 Å². The van der Waals surface area contributed by atoms with Crippen LogP contribution in [0, 0.1) is 6.92 Å². The molecular weight excluding hydrogens is 206 g/mol. The number of aryl methyl sites for hydroxylation is 1. The summed E-state index contributed by atoms with van der Waals surface area (Å²) in [6.45, 7) is 5.54. The number of rotatable bonds is 4. The van der Waals surface area contributed by atoms with Crippen LogP contribution in [0.2, 0.25) is 0 Å². The van der Waals surface area contributed by atoms with E-state index in [1.807, 2.05) is 20.8 Å². The van der Waals surface area contributed by atoms with Crippen LogP contribution in [0.1, 0.15) is 36.5 Å². The minimum absolute atomic E-state index is 0.0346. The number of aromatic nitrogens is 2. The standard InChI is InChI=1S/C11H17N3O2/c1-8-6-13-9(7-12-8)10(16)14-11(2,3)4-5-15/h6-7,15H,4-5H2,1-3H3,(H,14,16). The van der Waals surface area contributed by atoms with E-state index in [1.165, 1.54) is 6.20 Å². The molecule has 0 atom stereocenters. The topological polar surface area (TPSA) is 75.1 Å². The zero-order valence-electron chi connectivity index (χ0n) is 9.82. The van der Waals surface area contributed by atoms with Crippen LogP contribution in [-0.2, 0) is 0 Å². The molecule has 0 aliphatic heterocycles. The van der Waals surface area contributed by atoms with Crippen LogP contribution >= 0.6 is 0 Å². The minimum atomic E-state index is -0.446. The average Bonchev–Trinajstić information content (AvgIpc) is 2.17. The third-order valence-corrected chi connectivity index (χ3v) is 2.20. The van der Waals surface area contributed by atoms with Crippen LogP contribution in [0.4, 0.5) is 0 Å². The maximum atomic E-state index is 11.8. The molecule has 0 spiro atoms. The molecule has 1 aromatic rings. The molecule has 2 N–H and O–H groups in total. The normalized spacial score (nSPS) is 11.2. The summed E-state index contributed by atoms with van der Waals surface area (Å²) in [4.78, 5) is 19.7. The van der Waals surface area contributed by atoms with E-state index in [2.05, 4.69) is 15.3 Å². The van der Waals surface area contributed by atoms with E-state index in [1.54, 1.807) is 6.20 Å². The first-order valence-electron chi connectivity index (χ1n) is 5.16. The lowest BCUT2D eigenvalue weighted by Gasteiger charge is -2.24. The monoisotopic (exact) mass is 223 g/mol. The fourth-order valence-corrected chi connectivity index (χ4v) is 1.22. The number of nitrogens with zero attached hydrogens (tertiary/aromatic N) is 2. The van der Waals surface area contributed by atoms with Crippen molar-refractivity contribution in [1.82, 2.24) is 15.3 Å². The van der Waals surface area contributed by atoms with Crippen LogP contribution in [0.25, 0.3) is 0 Å². The van der Waals surface area contributed by atoms with Crippen LogP contribution in [0.3, 0.4) is 0 Å². The van der Waals surface area contributed by atoms with Crippen molar-refractivity contribution in [3.63, 3.8) is 0 Å². The summed E-state index contributed by atoms with van der Waals surface area (Å²) < 4.78 is 0. The van der Waals surface area contributed by atoms with Gasteiger partial charge in [0.2, 0.25) is 0 Å². The number of hydrogen-bond acceptors (Lipinski definition) is 4. The zero-order valence-corrected chi connectivity index (χ0v) is 9.82. The van der Waals surface area contributed by atoms with E-state index in [-0.39, 0.29) is 18.2 Å². The quantitative estimate of drug-likeness (QED) is 0.787. The summed E-state index contributed by atoms with van der Waals surface area (Å²) in [5, 5.41) is 11.6. The maximum absolute atomic E-state index is 11.8. The number of nitrogens with one attached hydrogen (secondary N) is 1. The lowest BCUT2D eigenvalue weighted by molar-refractivity contribution is 0.0894. The molecule has 0 aliphatic carbocycles. The first-order chi connectivity index (χ1) is 7.44. The molecule has 0 fully saturated rings. The molecule has 0 aromatic carbocycles. The van der Waals surface area contributed by atoms with Gasteiger partial charge in [-0.1, -0.05) is 0 Å². The predicted molar refractivity (Wildman–Crippen MR) is 60.0 cm³/mol. The van der Waals surface area contributed by atoms with Gasteiger partial charge < -0.3 is 10.4 Å². The Labute approximate surface area is 94.9 Å². The van der Waals surface area contributed by atoms with Gasteiger partial charge in [-0.3, -0.25) is 9.78 Å². The highest BCUT2D eigenvalue weighted by Gasteiger charge is 2.21. The van der Waals surface area contributed by atoms with Crippen LogP contribution < -0.4 is 5.32 Å². The summed E-state index contributed by atoms with van der Waals surface area (Å²) in [5.74, 6) is -0.272.